The van der Waals surface area contributed by atoms with Gasteiger partial charge in [-0.25, -0.2) is 14.1 Å². The third-order valence-corrected chi connectivity index (χ3v) is 5.04. The van der Waals surface area contributed by atoms with E-state index in [2.05, 4.69) is 5.32 Å². The topological polar surface area (TPSA) is 92.1 Å². The molecule has 1 atom stereocenters. The standard InChI is InChI=1S/C23H20FN3O5/c1-31-18-5-2-4-17(12-18)27-22(29)20(26(23(27)30)14-19-6-3-11-32-19)13-21(28)25-16-9-7-15(24)8-10-16/h2-12,20H,13-14H2,1H3,(H,25,28)/t20-/m1/s1. The zero-order valence-electron chi connectivity index (χ0n) is 17.2. The Kier molecular flexibility index (Phi) is 5.89. The fourth-order valence-electron chi connectivity index (χ4n) is 3.49. The molecule has 1 aliphatic rings. The number of nitrogens with one attached hydrogen (secondary N) is 1. The van der Waals surface area contributed by atoms with E-state index < -0.39 is 29.7 Å². The van der Waals surface area contributed by atoms with Crippen LogP contribution in [0, 0.1) is 5.82 Å². The molecule has 164 valence electrons. The summed E-state index contributed by atoms with van der Waals surface area (Å²) in [6.07, 6.45) is 1.19. The van der Waals surface area contributed by atoms with Crippen LogP contribution in [-0.4, -0.2) is 35.9 Å². The Balaban J connectivity index is 1.59. The molecule has 4 amide bonds. The summed E-state index contributed by atoms with van der Waals surface area (Å²) in [5.74, 6) is -0.498. The number of urea groups is 1. The van der Waals surface area contributed by atoms with E-state index in [1.807, 2.05) is 0 Å². The number of imide groups is 1. The van der Waals surface area contributed by atoms with E-state index in [1.54, 1.807) is 36.4 Å². The molecule has 0 bridgehead atoms. The quantitative estimate of drug-likeness (QED) is 0.568. The molecule has 1 aromatic heterocycles. The smallest absolute Gasteiger partial charge is 0.332 e. The number of amides is 4. The molecule has 8 nitrogen and oxygen atoms in total. The van der Waals surface area contributed by atoms with Gasteiger partial charge >= 0.3 is 6.03 Å². The Morgan fingerprint density at radius 1 is 1.12 bits per heavy atom. The number of benzene rings is 2. The number of methoxy groups -OCH3 is 1. The fourth-order valence-corrected chi connectivity index (χ4v) is 3.49. The minimum absolute atomic E-state index is 0.0204. The molecule has 4 rings (SSSR count). The Morgan fingerprint density at radius 3 is 2.59 bits per heavy atom. The molecule has 9 heteroatoms. The van der Waals surface area contributed by atoms with Crippen molar-refractivity contribution in [2.75, 3.05) is 17.3 Å². The first-order valence-electron chi connectivity index (χ1n) is 9.82. The van der Waals surface area contributed by atoms with Gasteiger partial charge in [0.15, 0.2) is 0 Å². The third kappa shape index (κ3) is 4.31. The highest BCUT2D eigenvalue weighted by Crippen LogP contribution is 2.30. The number of carbonyl (C=O) groups excluding carboxylic acids is 3. The highest BCUT2D eigenvalue weighted by molar-refractivity contribution is 6.22. The first-order chi connectivity index (χ1) is 15.5. The van der Waals surface area contributed by atoms with Crippen molar-refractivity contribution < 1.29 is 27.9 Å². The molecular formula is C23H20FN3O5. The first-order valence-corrected chi connectivity index (χ1v) is 9.82. The summed E-state index contributed by atoms with van der Waals surface area (Å²) in [7, 11) is 1.48. The van der Waals surface area contributed by atoms with Crippen molar-refractivity contribution in [1.29, 1.82) is 0 Å². The molecule has 1 saturated heterocycles. The minimum Gasteiger partial charge on any atom is -0.497 e. The number of hydrogen-bond acceptors (Lipinski definition) is 5. The molecular weight excluding hydrogens is 417 g/mol. The summed E-state index contributed by atoms with van der Waals surface area (Å²) in [5.41, 5.74) is 0.723. The molecule has 0 spiro atoms. The number of furan rings is 1. The summed E-state index contributed by atoms with van der Waals surface area (Å²) in [6, 6.07) is 13.6. The van der Waals surface area contributed by atoms with E-state index >= 15 is 0 Å². The second-order valence-electron chi connectivity index (χ2n) is 7.14. The van der Waals surface area contributed by atoms with Gasteiger partial charge in [0, 0.05) is 11.8 Å². The van der Waals surface area contributed by atoms with Gasteiger partial charge in [-0.1, -0.05) is 6.07 Å². The van der Waals surface area contributed by atoms with Gasteiger partial charge in [0.25, 0.3) is 5.91 Å². The summed E-state index contributed by atoms with van der Waals surface area (Å²) in [5, 5.41) is 2.63. The summed E-state index contributed by atoms with van der Waals surface area (Å²) < 4.78 is 23.6. The Hall–Kier alpha value is -4.14. The zero-order chi connectivity index (χ0) is 22.7. The molecule has 0 saturated carbocycles. The van der Waals surface area contributed by atoms with Crippen LogP contribution in [0.2, 0.25) is 0 Å². The van der Waals surface area contributed by atoms with Crippen molar-refractivity contribution in [2.24, 2.45) is 0 Å². The van der Waals surface area contributed by atoms with Gasteiger partial charge in [-0.05, 0) is 48.5 Å². The molecule has 32 heavy (non-hydrogen) atoms. The molecule has 1 fully saturated rings. The Morgan fingerprint density at radius 2 is 1.91 bits per heavy atom. The van der Waals surface area contributed by atoms with Crippen LogP contribution in [0.1, 0.15) is 12.2 Å². The van der Waals surface area contributed by atoms with Crippen molar-refractivity contribution in [3.63, 3.8) is 0 Å². The van der Waals surface area contributed by atoms with Gasteiger partial charge in [-0.15, -0.1) is 0 Å². The van der Waals surface area contributed by atoms with Gasteiger partial charge < -0.3 is 19.4 Å². The predicted octanol–water partition coefficient (Wildman–Crippen LogP) is 3.79. The molecule has 0 aliphatic carbocycles. The monoisotopic (exact) mass is 437 g/mol. The van der Waals surface area contributed by atoms with Crippen molar-refractivity contribution >= 4 is 29.2 Å². The average molecular weight is 437 g/mol. The van der Waals surface area contributed by atoms with Crippen LogP contribution in [0.5, 0.6) is 5.75 Å². The van der Waals surface area contributed by atoms with Gasteiger partial charge in [-0.3, -0.25) is 9.59 Å². The summed E-state index contributed by atoms with van der Waals surface area (Å²) >= 11 is 0. The fraction of sp³-hybridized carbons (Fsp3) is 0.174. The third-order valence-electron chi connectivity index (χ3n) is 5.04. The van der Waals surface area contributed by atoms with Crippen LogP contribution in [0.3, 0.4) is 0 Å². The number of hydrogen-bond donors (Lipinski definition) is 1. The van der Waals surface area contributed by atoms with Crippen LogP contribution < -0.4 is 15.0 Å². The Labute approximate surface area is 183 Å². The number of nitrogens with zero attached hydrogens (tertiary/aromatic N) is 2. The lowest BCUT2D eigenvalue weighted by Crippen LogP contribution is -2.37. The van der Waals surface area contributed by atoms with Gasteiger partial charge in [-0.2, -0.15) is 0 Å². The molecule has 0 unspecified atom stereocenters. The van der Waals surface area contributed by atoms with Crippen LogP contribution in [-0.2, 0) is 16.1 Å². The van der Waals surface area contributed by atoms with Gasteiger partial charge in [0.05, 0.1) is 32.0 Å². The number of carbonyl (C=O) groups is 3. The number of halogens is 1. The van der Waals surface area contributed by atoms with Gasteiger partial charge in [0.1, 0.15) is 23.4 Å². The number of ether oxygens (including phenoxy) is 1. The Bertz CT molecular complexity index is 1130. The average Bonchev–Trinajstić information content (AvgIpc) is 3.38. The lowest BCUT2D eigenvalue weighted by atomic mass is 10.1. The zero-order valence-corrected chi connectivity index (χ0v) is 17.2. The van der Waals surface area contributed by atoms with Crippen LogP contribution in [0.25, 0.3) is 0 Å². The molecule has 1 N–H and O–H groups in total. The maximum Gasteiger partial charge on any atom is 0.332 e. The highest BCUT2D eigenvalue weighted by Gasteiger charge is 2.47. The lowest BCUT2D eigenvalue weighted by Gasteiger charge is -2.20. The van der Waals surface area contributed by atoms with Crippen molar-refractivity contribution in [2.45, 2.75) is 19.0 Å². The maximum atomic E-state index is 13.2. The van der Waals surface area contributed by atoms with E-state index in [-0.39, 0.29) is 13.0 Å². The van der Waals surface area contributed by atoms with Crippen molar-refractivity contribution in [3.05, 3.63) is 78.5 Å². The van der Waals surface area contributed by atoms with E-state index in [9.17, 15) is 18.8 Å². The molecule has 0 radical (unpaired) electrons. The first kappa shape index (κ1) is 21.1. The molecule has 1 aliphatic heterocycles. The summed E-state index contributed by atoms with van der Waals surface area (Å²) in [4.78, 5) is 41.4. The summed E-state index contributed by atoms with van der Waals surface area (Å²) in [6.45, 7) is 0.0204. The van der Waals surface area contributed by atoms with Crippen LogP contribution in [0.4, 0.5) is 20.6 Å². The molecule has 2 heterocycles. The molecule has 2 aromatic carbocycles. The number of rotatable bonds is 7. The largest absolute Gasteiger partial charge is 0.497 e. The second-order valence-corrected chi connectivity index (χ2v) is 7.14. The highest BCUT2D eigenvalue weighted by atomic mass is 19.1. The second kappa shape index (κ2) is 8.93. The number of anilines is 2. The van der Waals surface area contributed by atoms with Crippen molar-refractivity contribution in [3.8, 4) is 5.75 Å². The molecule has 3 aromatic rings. The van der Waals surface area contributed by atoms with Crippen LogP contribution >= 0.6 is 0 Å². The maximum absolute atomic E-state index is 13.2. The van der Waals surface area contributed by atoms with E-state index in [0.717, 1.165) is 4.90 Å². The SMILES string of the molecule is COc1cccc(N2C(=O)[C@@H](CC(=O)Nc3ccc(F)cc3)N(Cc3ccco3)C2=O)c1. The van der Waals surface area contributed by atoms with Crippen molar-refractivity contribution in [1.82, 2.24) is 4.90 Å². The minimum atomic E-state index is -1.04. The normalized spacial score (nSPS) is 15.9. The van der Waals surface area contributed by atoms with E-state index in [4.69, 9.17) is 9.15 Å². The lowest BCUT2D eigenvalue weighted by molar-refractivity contribution is -0.124. The van der Waals surface area contributed by atoms with E-state index in [0.29, 0.717) is 22.9 Å². The van der Waals surface area contributed by atoms with Gasteiger partial charge in [0.2, 0.25) is 5.91 Å². The van der Waals surface area contributed by atoms with E-state index in [1.165, 1.54) is 42.5 Å². The predicted molar refractivity (Wildman–Crippen MR) is 114 cm³/mol. The van der Waals surface area contributed by atoms with Crippen LogP contribution in [0.15, 0.2) is 71.3 Å².